The maximum Gasteiger partial charge on any atom is 0.261 e. The molecule has 1 saturated heterocycles. The predicted molar refractivity (Wildman–Crippen MR) is 108 cm³/mol. The minimum Gasteiger partial charge on any atom is -0.497 e. The maximum atomic E-state index is 12.8. The van der Waals surface area contributed by atoms with Gasteiger partial charge in [-0.15, -0.1) is 0 Å². The monoisotopic (exact) mass is 384 g/mol. The van der Waals surface area contributed by atoms with Crippen LogP contribution in [-0.4, -0.2) is 56.9 Å². The van der Waals surface area contributed by atoms with Gasteiger partial charge in [-0.25, -0.2) is 0 Å². The Morgan fingerprint density at radius 2 is 1.71 bits per heavy atom. The summed E-state index contributed by atoms with van der Waals surface area (Å²) in [5.74, 6) is 1.24. The van der Waals surface area contributed by atoms with Gasteiger partial charge >= 0.3 is 0 Å². The molecule has 1 aliphatic rings. The van der Waals surface area contributed by atoms with Crippen molar-refractivity contribution in [1.29, 1.82) is 0 Å². The Balaban J connectivity index is 1.63. The number of morpholine rings is 1. The molecule has 28 heavy (non-hydrogen) atoms. The standard InChI is InChI=1S/C22H28N2O4/c1-17(28-20-10-8-19(26-2)9-11-20)22(25)23-21(18-6-4-3-5-7-18)16-24-12-14-27-15-13-24/h3-11,17,21H,12-16H2,1-2H3,(H,23,25). The number of carbonyl (C=O) groups is 1. The first-order valence-corrected chi connectivity index (χ1v) is 9.62. The third kappa shape index (κ3) is 5.71. The van der Waals surface area contributed by atoms with Crippen molar-refractivity contribution in [2.45, 2.75) is 19.1 Å². The zero-order chi connectivity index (χ0) is 19.8. The molecule has 0 aliphatic carbocycles. The number of ether oxygens (including phenoxy) is 3. The predicted octanol–water partition coefficient (Wildman–Crippen LogP) is 2.65. The molecule has 1 fully saturated rings. The van der Waals surface area contributed by atoms with E-state index in [1.54, 1.807) is 26.2 Å². The van der Waals surface area contributed by atoms with E-state index in [-0.39, 0.29) is 11.9 Å². The van der Waals surface area contributed by atoms with Gasteiger partial charge in [-0.1, -0.05) is 30.3 Å². The Morgan fingerprint density at radius 1 is 1.07 bits per heavy atom. The molecule has 2 unspecified atom stereocenters. The second-order valence-electron chi connectivity index (χ2n) is 6.82. The van der Waals surface area contributed by atoms with Crippen LogP contribution in [0.3, 0.4) is 0 Å². The molecule has 3 rings (SSSR count). The second-order valence-corrected chi connectivity index (χ2v) is 6.82. The molecule has 6 heteroatoms. The van der Waals surface area contributed by atoms with Crippen LogP contribution in [-0.2, 0) is 9.53 Å². The van der Waals surface area contributed by atoms with Crippen LogP contribution >= 0.6 is 0 Å². The third-order valence-corrected chi connectivity index (χ3v) is 4.80. The fourth-order valence-electron chi connectivity index (χ4n) is 3.16. The van der Waals surface area contributed by atoms with Gasteiger partial charge in [0.15, 0.2) is 6.10 Å². The number of rotatable bonds is 8. The normalized spacial score (nSPS) is 16.8. The molecule has 2 atom stereocenters. The number of carbonyl (C=O) groups excluding carboxylic acids is 1. The molecular formula is C22H28N2O4. The van der Waals surface area contributed by atoms with Gasteiger partial charge in [0.1, 0.15) is 11.5 Å². The number of amides is 1. The summed E-state index contributed by atoms with van der Waals surface area (Å²) < 4.78 is 16.4. The van der Waals surface area contributed by atoms with Crippen LogP contribution < -0.4 is 14.8 Å². The van der Waals surface area contributed by atoms with Gasteiger partial charge in [0.05, 0.1) is 26.4 Å². The van der Waals surface area contributed by atoms with Crippen molar-refractivity contribution < 1.29 is 19.0 Å². The largest absolute Gasteiger partial charge is 0.497 e. The fraction of sp³-hybridized carbons (Fsp3) is 0.409. The van der Waals surface area contributed by atoms with Gasteiger partial charge in [0, 0.05) is 19.6 Å². The molecule has 0 bridgehead atoms. The summed E-state index contributed by atoms with van der Waals surface area (Å²) in [5.41, 5.74) is 1.08. The Hall–Kier alpha value is -2.57. The number of methoxy groups -OCH3 is 1. The minimum atomic E-state index is -0.607. The average molecular weight is 384 g/mol. The van der Waals surface area contributed by atoms with E-state index in [9.17, 15) is 4.79 Å². The molecular weight excluding hydrogens is 356 g/mol. The summed E-state index contributed by atoms with van der Waals surface area (Å²) in [7, 11) is 1.62. The number of nitrogens with zero attached hydrogens (tertiary/aromatic N) is 1. The molecule has 2 aromatic rings. The van der Waals surface area contributed by atoms with Crippen molar-refractivity contribution in [3.63, 3.8) is 0 Å². The molecule has 1 N–H and O–H groups in total. The van der Waals surface area contributed by atoms with E-state index in [0.29, 0.717) is 5.75 Å². The quantitative estimate of drug-likeness (QED) is 0.758. The molecule has 1 amide bonds. The van der Waals surface area contributed by atoms with Crippen molar-refractivity contribution in [3.8, 4) is 11.5 Å². The van der Waals surface area contributed by atoms with Crippen molar-refractivity contribution in [2.75, 3.05) is 40.0 Å². The van der Waals surface area contributed by atoms with Gasteiger partial charge in [0.25, 0.3) is 5.91 Å². The Morgan fingerprint density at radius 3 is 2.36 bits per heavy atom. The van der Waals surface area contributed by atoms with Crippen LogP contribution in [0.1, 0.15) is 18.5 Å². The van der Waals surface area contributed by atoms with E-state index >= 15 is 0 Å². The van der Waals surface area contributed by atoms with Crippen LogP contribution in [0.4, 0.5) is 0 Å². The van der Waals surface area contributed by atoms with Gasteiger partial charge < -0.3 is 19.5 Å². The van der Waals surface area contributed by atoms with Crippen LogP contribution in [0.2, 0.25) is 0 Å². The van der Waals surface area contributed by atoms with E-state index in [4.69, 9.17) is 14.2 Å². The zero-order valence-electron chi connectivity index (χ0n) is 16.5. The lowest BCUT2D eigenvalue weighted by atomic mass is 10.1. The van der Waals surface area contributed by atoms with Crippen molar-refractivity contribution in [3.05, 3.63) is 60.2 Å². The summed E-state index contributed by atoms with van der Waals surface area (Å²) in [6.45, 7) is 5.71. The van der Waals surface area contributed by atoms with Crippen molar-refractivity contribution >= 4 is 5.91 Å². The van der Waals surface area contributed by atoms with Crippen LogP contribution in [0.25, 0.3) is 0 Å². The van der Waals surface area contributed by atoms with E-state index in [1.165, 1.54) is 0 Å². The topological polar surface area (TPSA) is 60.0 Å². The van der Waals surface area contributed by atoms with Crippen molar-refractivity contribution in [1.82, 2.24) is 10.2 Å². The molecule has 0 spiro atoms. The number of benzene rings is 2. The van der Waals surface area contributed by atoms with E-state index in [0.717, 1.165) is 44.2 Å². The molecule has 150 valence electrons. The van der Waals surface area contributed by atoms with Gasteiger partial charge in [0.2, 0.25) is 0 Å². The summed E-state index contributed by atoms with van der Waals surface area (Å²) in [6.07, 6.45) is -0.607. The summed E-state index contributed by atoms with van der Waals surface area (Å²) in [6, 6.07) is 17.2. The van der Waals surface area contributed by atoms with Gasteiger partial charge in [-0.3, -0.25) is 9.69 Å². The lowest BCUT2D eigenvalue weighted by Crippen LogP contribution is -2.45. The first-order valence-electron chi connectivity index (χ1n) is 9.62. The SMILES string of the molecule is COc1ccc(OC(C)C(=O)NC(CN2CCOCC2)c2ccccc2)cc1. The lowest BCUT2D eigenvalue weighted by Gasteiger charge is -2.31. The molecule has 0 saturated carbocycles. The average Bonchev–Trinajstić information content (AvgIpc) is 2.75. The second kappa shape index (κ2) is 10.1. The Bertz CT molecular complexity index is 730. The maximum absolute atomic E-state index is 12.8. The molecule has 0 aromatic heterocycles. The molecule has 6 nitrogen and oxygen atoms in total. The highest BCUT2D eigenvalue weighted by Gasteiger charge is 2.23. The number of hydrogen-bond donors (Lipinski definition) is 1. The minimum absolute atomic E-state index is 0.103. The fourth-order valence-corrected chi connectivity index (χ4v) is 3.16. The van der Waals surface area contributed by atoms with Gasteiger partial charge in [-0.05, 0) is 36.8 Å². The highest BCUT2D eigenvalue weighted by Crippen LogP contribution is 2.19. The summed E-state index contributed by atoms with van der Waals surface area (Å²) >= 11 is 0. The number of hydrogen-bond acceptors (Lipinski definition) is 5. The Labute approximate surface area is 166 Å². The van der Waals surface area contributed by atoms with Gasteiger partial charge in [-0.2, -0.15) is 0 Å². The summed E-state index contributed by atoms with van der Waals surface area (Å²) in [5, 5.41) is 3.15. The van der Waals surface area contributed by atoms with E-state index in [2.05, 4.69) is 10.2 Å². The molecule has 1 heterocycles. The van der Waals surface area contributed by atoms with E-state index in [1.807, 2.05) is 42.5 Å². The molecule has 0 radical (unpaired) electrons. The number of nitrogens with one attached hydrogen (secondary N) is 1. The highest BCUT2D eigenvalue weighted by atomic mass is 16.5. The third-order valence-electron chi connectivity index (χ3n) is 4.80. The van der Waals surface area contributed by atoms with Crippen LogP contribution in [0.5, 0.6) is 11.5 Å². The van der Waals surface area contributed by atoms with E-state index < -0.39 is 6.10 Å². The summed E-state index contributed by atoms with van der Waals surface area (Å²) in [4.78, 5) is 15.1. The van der Waals surface area contributed by atoms with Crippen molar-refractivity contribution in [2.24, 2.45) is 0 Å². The highest BCUT2D eigenvalue weighted by molar-refractivity contribution is 5.81. The first kappa shape index (κ1) is 20.2. The van der Waals surface area contributed by atoms with Crippen LogP contribution in [0, 0.1) is 0 Å². The molecule has 1 aliphatic heterocycles. The zero-order valence-corrected chi connectivity index (χ0v) is 16.5. The smallest absolute Gasteiger partial charge is 0.261 e. The lowest BCUT2D eigenvalue weighted by molar-refractivity contribution is -0.128. The first-order chi connectivity index (χ1) is 13.7. The molecule has 2 aromatic carbocycles. The van der Waals surface area contributed by atoms with Crippen LogP contribution in [0.15, 0.2) is 54.6 Å². The Kier molecular flexibility index (Phi) is 7.28.